The third kappa shape index (κ3) is 1.79. The van der Waals surface area contributed by atoms with Gasteiger partial charge in [0.2, 0.25) is 0 Å². The molecule has 3 saturated carbocycles. The van der Waals surface area contributed by atoms with Gasteiger partial charge in [0.25, 0.3) is 0 Å². The Bertz CT molecular complexity index is 394. The summed E-state index contributed by atoms with van der Waals surface area (Å²) in [4.78, 5) is 0. The molecule has 0 amide bonds. The number of nitrogens with two attached hydrogens (primary N) is 1. The lowest BCUT2D eigenvalue weighted by Gasteiger charge is -2.38. The van der Waals surface area contributed by atoms with Crippen molar-refractivity contribution in [1.82, 2.24) is 0 Å². The van der Waals surface area contributed by atoms with Gasteiger partial charge in [0.1, 0.15) is 0 Å². The first-order chi connectivity index (χ1) is 7.50. The molecule has 0 aromatic carbocycles. The molecule has 3 aliphatic rings. The normalized spacial score (nSPS) is 46.2. The lowest BCUT2D eigenvalue weighted by atomic mass is 9.68. The molecule has 4 nitrogen and oxygen atoms in total. The van der Waals surface area contributed by atoms with E-state index in [9.17, 15) is 8.42 Å². The van der Waals surface area contributed by atoms with Gasteiger partial charge in [-0.05, 0) is 55.3 Å². The topological polar surface area (TPSA) is 69.4 Å². The van der Waals surface area contributed by atoms with Gasteiger partial charge in [0.05, 0.1) is 6.61 Å². The molecule has 4 atom stereocenters. The van der Waals surface area contributed by atoms with Crippen LogP contribution in [0.25, 0.3) is 0 Å². The summed E-state index contributed by atoms with van der Waals surface area (Å²) in [5.41, 5.74) is 0.129. The van der Waals surface area contributed by atoms with Crippen LogP contribution >= 0.6 is 0 Å². The number of hydrogen-bond donors (Lipinski definition) is 1. The summed E-state index contributed by atoms with van der Waals surface area (Å²) in [5, 5.41) is 4.93. The fraction of sp³-hybridized carbons (Fsp3) is 1.00. The molecule has 3 fully saturated rings. The number of hydrogen-bond acceptors (Lipinski definition) is 3. The van der Waals surface area contributed by atoms with E-state index in [2.05, 4.69) is 0 Å². The summed E-state index contributed by atoms with van der Waals surface area (Å²) < 4.78 is 26.7. The van der Waals surface area contributed by atoms with E-state index in [0.717, 1.165) is 24.7 Å². The third-order valence-corrected chi connectivity index (χ3v) is 5.44. The van der Waals surface area contributed by atoms with Crippen molar-refractivity contribution in [1.29, 1.82) is 0 Å². The summed E-state index contributed by atoms with van der Waals surface area (Å²) in [6.07, 6.45) is 7.36. The van der Waals surface area contributed by atoms with Crippen LogP contribution in [0.3, 0.4) is 0 Å². The standard InChI is InChI=1S/C11H19NO3S/c12-16(13,14)15-7-11-4-1-2-10(11)9-6-8(9)3-5-11/h8-10H,1-7H2,(H2,12,13,14)/t8-,9+,10-,11+/m0/s1. The van der Waals surface area contributed by atoms with E-state index in [1.807, 2.05) is 0 Å². The molecule has 0 aliphatic heterocycles. The van der Waals surface area contributed by atoms with E-state index >= 15 is 0 Å². The molecule has 0 aromatic rings. The highest BCUT2D eigenvalue weighted by molar-refractivity contribution is 7.84. The van der Waals surface area contributed by atoms with E-state index in [-0.39, 0.29) is 5.41 Å². The minimum atomic E-state index is -3.77. The lowest BCUT2D eigenvalue weighted by Crippen LogP contribution is -2.37. The molecule has 0 radical (unpaired) electrons. The minimum absolute atomic E-state index is 0.129. The molecule has 5 heteroatoms. The van der Waals surface area contributed by atoms with Crippen molar-refractivity contribution < 1.29 is 12.6 Å². The Morgan fingerprint density at radius 3 is 2.88 bits per heavy atom. The van der Waals surface area contributed by atoms with Crippen molar-refractivity contribution in [3.63, 3.8) is 0 Å². The van der Waals surface area contributed by atoms with Gasteiger partial charge in [-0.1, -0.05) is 6.42 Å². The third-order valence-electron chi connectivity index (χ3n) is 4.99. The zero-order chi connectivity index (χ0) is 11.4. The molecular weight excluding hydrogens is 226 g/mol. The SMILES string of the molecule is NS(=O)(=O)OC[C@]12CCC[C@H]1[C@@H]1C[C@@H]1CC2. The second-order valence-corrected chi connectivity index (χ2v) is 7.04. The lowest BCUT2D eigenvalue weighted by molar-refractivity contribution is 0.0553. The predicted molar refractivity (Wildman–Crippen MR) is 59.7 cm³/mol. The molecule has 3 aliphatic carbocycles. The Morgan fingerprint density at radius 1 is 1.31 bits per heavy atom. The molecule has 16 heavy (non-hydrogen) atoms. The average Bonchev–Trinajstić information content (AvgIpc) is 2.87. The molecule has 0 heterocycles. The van der Waals surface area contributed by atoms with E-state index in [0.29, 0.717) is 12.5 Å². The molecule has 0 saturated heterocycles. The Labute approximate surface area is 96.8 Å². The highest BCUT2D eigenvalue weighted by Crippen LogP contribution is 2.65. The average molecular weight is 245 g/mol. The Morgan fingerprint density at radius 2 is 2.12 bits per heavy atom. The maximum Gasteiger partial charge on any atom is 0.333 e. The van der Waals surface area contributed by atoms with Crippen molar-refractivity contribution in [2.45, 2.75) is 38.5 Å². The summed E-state index contributed by atoms with van der Waals surface area (Å²) in [6.45, 7) is 0.319. The van der Waals surface area contributed by atoms with Crippen LogP contribution in [0.2, 0.25) is 0 Å². The van der Waals surface area contributed by atoms with Gasteiger partial charge in [-0.15, -0.1) is 0 Å². The summed E-state index contributed by atoms with van der Waals surface area (Å²) in [7, 11) is -3.77. The van der Waals surface area contributed by atoms with Crippen molar-refractivity contribution in [2.24, 2.45) is 28.3 Å². The van der Waals surface area contributed by atoms with Crippen molar-refractivity contribution in [2.75, 3.05) is 6.61 Å². The summed E-state index contributed by atoms with van der Waals surface area (Å²) >= 11 is 0. The second-order valence-electron chi connectivity index (χ2n) is 5.81. The minimum Gasteiger partial charge on any atom is -0.258 e. The van der Waals surface area contributed by atoms with Crippen LogP contribution in [-0.2, 0) is 14.5 Å². The van der Waals surface area contributed by atoms with E-state index in [1.54, 1.807) is 0 Å². The highest BCUT2D eigenvalue weighted by atomic mass is 32.2. The highest BCUT2D eigenvalue weighted by Gasteiger charge is 2.57. The van der Waals surface area contributed by atoms with Gasteiger partial charge in [-0.2, -0.15) is 8.42 Å². The van der Waals surface area contributed by atoms with Crippen LogP contribution in [0.5, 0.6) is 0 Å². The monoisotopic (exact) mass is 245 g/mol. The van der Waals surface area contributed by atoms with Crippen LogP contribution in [-0.4, -0.2) is 15.0 Å². The van der Waals surface area contributed by atoms with Crippen LogP contribution in [0.1, 0.15) is 38.5 Å². The van der Waals surface area contributed by atoms with Crippen LogP contribution in [0.4, 0.5) is 0 Å². The maximum atomic E-state index is 10.9. The molecule has 2 N–H and O–H groups in total. The zero-order valence-electron chi connectivity index (χ0n) is 9.39. The van der Waals surface area contributed by atoms with E-state index < -0.39 is 10.3 Å². The fourth-order valence-corrected chi connectivity index (χ4v) is 4.56. The second kappa shape index (κ2) is 3.43. The number of fused-ring (bicyclic) bond motifs is 3. The van der Waals surface area contributed by atoms with Gasteiger partial charge < -0.3 is 0 Å². The first-order valence-corrected chi connectivity index (χ1v) is 7.64. The van der Waals surface area contributed by atoms with Crippen LogP contribution < -0.4 is 5.14 Å². The van der Waals surface area contributed by atoms with Gasteiger partial charge in [0, 0.05) is 0 Å². The largest absolute Gasteiger partial charge is 0.333 e. The van der Waals surface area contributed by atoms with Gasteiger partial charge in [-0.25, -0.2) is 5.14 Å². The summed E-state index contributed by atoms with van der Waals surface area (Å²) in [5.74, 6) is 2.50. The first kappa shape index (κ1) is 11.0. The van der Waals surface area contributed by atoms with Crippen molar-refractivity contribution in [3.05, 3.63) is 0 Å². The van der Waals surface area contributed by atoms with E-state index in [4.69, 9.17) is 9.32 Å². The molecule has 0 spiro atoms. The summed E-state index contributed by atoms with van der Waals surface area (Å²) in [6, 6.07) is 0. The Balaban J connectivity index is 1.74. The fourth-order valence-electron chi connectivity index (χ4n) is 4.16. The molecular formula is C11H19NO3S. The predicted octanol–water partition coefficient (Wildman–Crippen LogP) is 1.42. The molecule has 0 unspecified atom stereocenters. The van der Waals surface area contributed by atoms with Gasteiger partial charge in [-0.3, -0.25) is 4.18 Å². The van der Waals surface area contributed by atoms with Gasteiger partial charge in [0.15, 0.2) is 0 Å². The Hall–Kier alpha value is -0.130. The smallest absolute Gasteiger partial charge is 0.258 e. The van der Waals surface area contributed by atoms with E-state index in [1.165, 1.54) is 25.7 Å². The van der Waals surface area contributed by atoms with Crippen molar-refractivity contribution in [3.8, 4) is 0 Å². The zero-order valence-corrected chi connectivity index (χ0v) is 10.2. The Kier molecular flexibility index (Phi) is 2.36. The first-order valence-electron chi connectivity index (χ1n) is 6.17. The number of rotatable bonds is 3. The molecule has 92 valence electrons. The maximum absolute atomic E-state index is 10.9. The molecule has 0 aromatic heterocycles. The van der Waals surface area contributed by atoms with Crippen LogP contribution in [0.15, 0.2) is 0 Å². The quantitative estimate of drug-likeness (QED) is 0.817. The molecule has 3 rings (SSSR count). The van der Waals surface area contributed by atoms with Crippen LogP contribution in [0, 0.1) is 23.2 Å². The van der Waals surface area contributed by atoms with Crippen molar-refractivity contribution >= 4 is 10.3 Å². The molecule has 0 bridgehead atoms. The van der Waals surface area contributed by atoms with Gasteiger partial charge >= 0.3 is 10.3 Å².